The van der Waals surface area contributed by atoms with Gasteiger partial charge in [-0.15, -0.1) is 0 Å². The summed E-state index contributed by atoms with van der Waals surface area (Å²) < 4.78 is 0. The lowest BCUT2D eigenvalue weighted by molar-refractivity contribution is 1.24. The van der Waals surface area contributed by atoms with E-state index >= 15 is 0 Å². The molecule has 5 rings (SSSR count). The van der Waals surface area contributed by atoms with E-state index in [-0.39, 0.29) is 11.1 Å². The first-order valence-corrected chi connectivity index (χ1v) is 7.46. The molecule has 23 heavy (non-hydrogen) atoms. The average molecular weight is 297 g/mol. The number of rotatable bonds is 0. The fraction of sp³-hybridized carbons (Fsp3) is 0. The summed E-state index contributed by atoms with van der Waals surface area (Å²) in [6, 6.07) is 19.7. The summed E-state index contributed by atoms with van der Waals surface area (Å²) in [5.74, 6) is 0. The van der Waals surface area contributed by atoms with Crippen LogP contribution in [-0.2, 0) is 0 Å². The van der Waals surface area contributed by atoms with Crippen molar-refractivity contribution in [3.63, 3.8) is 0 Å². The van der Waals surface area contributed by atoms with Crippen molar-refractivity contribution >= 4 is 43.1 Å². The monoisotopic (exact) mass is 297 g/mol. The summed E-state index contributed by atoms with van der Waals surface area (Å²) in [6.45, 7) is 0. The van der Waals surface area contributed by atoms with Crippen molar-refractivity contribution in [3.05, 3.63) is 81.4 Å². The minimum Gasteiger partial charge on any atom is -0.288 e. The highest BCUT2D eigenvalue weighted by molar-refractivity contribution is 6.20. The van der Waals surface area contributed by atoms with Crippen molar-refractivity contribution < 1.29 is 0 Å². The van der Waals surface area contributed by atoms with Crippen LogP contribution in [0.3, 0.4) is 0 Å². The molecule has 0 aliphatic carbocycles. The maximum absolute atomic E-state index is 12.6. The lowest BCUT2D eigenvalue weighted by Gasteiger charge is -2.07. The first-order chi connectivity index (χ1) is 11.2. The first kappa shape index (κ1) is 12.4. The van der Waals surface area contributed by atoms with Gasteiger partial charge in [0, 0.05) is 5.39 Å². The third-order valence-corrected chi connectivity index (χ3v) is 4.56. The van der Waals surface area contributed by atoms with E-state index in [1.165, 1.54) is 0 Å². The molecule has 0 aliphatic heterocycles. The quantitative estimate of drug-likeness (QED) is 0.442. The lowest BCUT2D eigenvalue weighted by atomic mass is 9.96. The Bertz CT molecular complexity index is 1350. The minimum atomic E-state index is -0.338. The van der Waals surface area contributed by atoms with E-state index in [4.69, 9.17) is 0 Å². The molecule has 1 aromatic heterocycles. The van der Waals surface area contributed by atoms with Gasteiger partial charge in [0.25, 0.3) is 11.1 Å². The van der Waals surface area contributed by atoms with Crippen LogP contribution in [0.5, 0.6) is 0 Å². The van der Waals surface area contributed by atoms with Crippen molar-refractivity contribution in [1.82, 2.24) is 4.98 Å². The number of nitrogens with one attached hydrogen (secondary N) is 1. The molecule has 0 atom stereocenters. The Labute approximate surface area is 130 Å². The van der Waals surface area contributed by atoms with Gasteiger partial charge < -0.3 is 0 Å². The maximum atomic E-state index is 12.6. The number of aromatic amines is 1. The molecule has 1 heterocycles. The third-order valence-electron chi connectivity index (χ3n) is 4.56. The zero-order valence-electron chi connectivity index (χ0n) is 12.1. The van der Waals surface area contributed by atoms with E-state index in [0.717, 1.165) is 32.3 Å². The molecule has 5 aromatic rings. The summed E-state index contributed by atoms with van der Waals surface area (Å²) in [5.41, 5.74) is -0.669. The maximum Gasteiger partial charge on any atom is 0.259 e. The van der Waals surface area contributed by atoms with Crippen LogP contribution in [0.4, 0.5) is 0 Å². The smallest absolute Gasteiger partial charge is 0.259 e. The van der Waals surface area contributed by atoms with E-state index in [0.29, 0.717) is 10.8 Å². The van der Waals surface area contributed by atoms with Crippen LogP contribution in [-0.4, -0.2) is 4.98 Å². The molecule has 0 fully saturated rings. The molecule has 0 amide bonds. The standard InChI is InChI=1S/C20H11NO2/c22-19-15-7-3-6-14-17(15)10-13-8-11-4-1-2-5-12(11)9-16(13)18(14)20(23)21-19/h1-10H,(H,21,22,23). The normalized spacial score (nSPS) is 11.8. The molecule has 0 unspecified atom stereocenters. The number of hydrogen-bond donors (Lipinski definition) is 1. The van der Waals surface area contributed by atoms with Gasteiger partial charge in [0.1, 0.15) is 0 Å². The van der Waals surface area contributed by atoms with Crippen LogP contribution >= 0.6 is 0 Å². The largest absolute Gasteiger partial charge is 0.288 e. The van der Waals surface area contributed by atoms with Crippen LogP contribution in [0.15, 0.2) is 70.3 Å². The van der Waals surface area contributed by atoms with Gasteiger partial charge >= 0.3 is 0 Å². The van der Waals surface area contributed by atoms with Gasteiger partial charge in [-0.3, -0.25) is 14.6 Å². The molecule has 0 radical (unpaired) electrons. The summed E-state index contributed by atoms with van der Waals surface area (Å²) >= 11 is 0. The average Bonchev–Trinajstić information content (AvgIpc) is 2.60. The number of fused-ring (bicyclic) bond motifs is 3. The minimum absolute atomic E-state index is 0.331. The summed E-state index contributed by atoms with van der Waals surface area (Å²) in [7, 11) is 0. The molecule has 0 saturated heterocycles. The SMILES string of the molecule is O=c1[nH]c(=O)c2c3cc4ccccc4cc3cc3c1cccc32. The lowest BCUT2D eigenvalue weighted by Crippen LogP contribution is -2.13. The van der Waals surface area contributed by atoms with E-state index < -0.39 is 0 Å². The van der Waals surface area contributed by atoms with Gasteiger partial charge in [-0.2, -0.15) is 0 Å². The van der Waals surface area contributed by atoms with Crippen molar-refractivity contribution in [3.8, 4) is 0 Å². The molecule has 108 valence electrons. The second-order valence-electron chi connectivity index (χ2n) is 5.86. The third kappa shape index (κ3) is 1.59. The second-order valence-corrected chi connectivity index (χ2v) is 5.86. The molecule has 4 aromatic carbocycles. The van der Waals surface area contributed by atoms with Gasteiger partial charge in [0.05, 0.1) is 5.39 Å². The summed E-state index contributed by atoms with van der Waals surface area (Å²) in [4.78, 5) is 27.3. The highest BCUT2D eigenvalue weighted by Gasteiger charge is 2.12. The highest BCUT2D eigenvalue weighted by atomic mass is 16.2. The van der Waals surface area contributed by atoms with Crippen LogP contribution < -0.4 is 11.1 Å². The first-order valence-electron chi connectivity index (χ1n) is 7.46. The number of aromatic nitrogens is 1. The molecular weight excluding hydrogens is 286 g/mol. The fourth-order valence-electron chi connectivity index (χ4n) is 3.51. The van der Waals surface area contributed by atoms with E-state index in [9.17, 15) is 9.59 Å². The van der Waals surface area contributed by atoms with E-state index in [2.05, 4.69) is 17.1 Å². The summed E-state index contributed by atoms with van der Waals surface area (Å²) in [6.07, 6.45) is 0. The Hall–Kier alpha value is -3.20. The Morgan fingerprint density at radius 2 is 1.26 bits per heavy atom. The topological polar surface area (TPSA) is 49.9 Å². The molecule has 4 bridgehead atoms. The van der Waals surface area contributed by atoms with E-state index in [1.54, 1.807) is 6.07 Å². The molecule has 0 aliphatic rings. The molecule has 1 N–H and O–H groups in total. The second kappa shape index (κ2) is 4.17. The molecule has 0 saturated carbocycles. The van der Waals surface area contributed by atoms with E-state index in [1.807, 2.05) is 42.5 Å². The molecule has 0 spiro atoms. The van der Waals surface area contributed by atoms with Crippen LogP contribution in [0.2, 0.25) is 0 Å². The predicted octanol–water partition coefficient (Wildman–Crippen LogP) is 3.79. The zero-order chi connectivity index (χ0) is 15.6. The molecular formula is C20H11NO2. The summed E-state index contributed by atoms with van der Waals surface area (Å²) in [5, 5.41) is 6.83. The van der Waals surface area contributed by atoms with Crippen molar-refractivity contribution in [1.29, 1.82) is 0 Å². The van der Waals surface area contributed by atoms with Crippen molar-refractivity contribution in [2.24, 2.45) is 0 Å². The van der Waals surface area contributed by atoms with Gasteiger partial charge in [-0.25, -0.2) is 0 Å². The Morgan fingerprint density at radius 3 is 2.09 bits per heavy atom. The van der Waals surface area contributed by atoms with Gasteiger partial charge in [-0.1, -0.05) is 36.4 Å². The zero-order valence-corrected chi connectivity index (χ0v) is 12.1. The Balaban J connectivity index is 2.23. The van der Waals surface area contributed by atoms with Crippen molar-refractivity contribution in [2.75, 3.05) is 0 Å². The Kier molecular flexibility index (Phi) is 2.24. The van der Waals surface area contributed by atoms with Gasteiger partial charge in [0.2, 0.25) is 0 Å². The number of H-pyrrole nitrogens is 1. The van der Waals surface area contributed by atoms with Gasteiger partial charge in [0.15, 0.2) is 0 Å². The predicted molar refractivity (Wildman–Crippen MR) is 94.5 cm³/mol. The Morgan fingerprint density at radius 1 is 0.565 bits per heavy atom. The van der Waals surface area contributed by atoms with Crippen LogP contribution in [0.1, 0.15) is 0 Å². The highest BCUT2D eigenvalue weighted by Crippen LogP contribution is 2.32. The van der Waals surface area contributed by atoms with Crippen molar-refractivity contribution in [2.45, 2.75) is 0 Å². The number of benzene rings is 4. The fourth-order valence-corrected chi connectivity index (χ4v) is 3.51. The van der Waals surface area contributed by atoms with Crippen LogP contribution in [0, 0.1) is 0 Å². The van der Waals surface area contributed by atoms with Crippen LogP contribution in [0.25, 0.3) is 43.1 Å². The van der Waals surface area contributed by atoms with Gasteiger partial charge in [-0.05, 0) is 56.6 Å². The molecule has 3 nitrogen and oxygen atoms in total. The number of hydrogen-bond acceptors (Lipinski definition) is 2. The molecule has 3 heteroatoms.